The number of alkyl halides is 3. The summed E-state index contributed by atoms with van der Waals surface area (Å²) in [4.78, 5) is 34.9. The smallest absolute Gasteiger partial charge is 0.417 e. The van der Waals surface area contributed by atoms with E-state index in [1.807, 2.05) is 5.32 Å². The third-order valence-corrected chi connectivity index (χ3v) is 3.39. The lowest BCUT2D eigenvalue weighted by Crippen LogP contribution is -2.46. The fourth-order valence-electron chi connectivity index (χ4n) is 2.20. The molecular formula is C16H18F3NO5. The number of carboxylic acid groups (broad SMARTS) is 1. The Morgan fingerprint density at radius 1 is 1.24 bits per heavy atom. The molecule has 0 aliphatic rings. The highest BCUT2D eigenvalue weighted by Crippen LogP contribution is 2.31. The highest BCUT2D eigenvalue weighted by molar-refractivity contribution is 5.98. The van der Waals surface area contributed by atoms with Gasteiger partial charge >= 0.3 is 18.1 Å². The van der Waals surface area contributed by atoms with Crippen molar-refractivity contribution in [3.63, 3.8) is 0 Å². The molecule has 25 heavy (non-hydrogen) atoms. The lowest BCUT2D eigenvalue weighted by Gasteiger charge is -2.21. The molecule has 1 amide bonds. The third kappa shape index (κ3) is 5.77. The summed E-state index contributed by atoms with van der Waals surface area (Å²) < 4.78 is 43.6. The van der Waals surface area contributed by atoms with Gasteiger partial charge in [-0.3, -0.25) is 9.59 Å². The average molecular weight is 361 g/mol. The molecule has 0 aliphatic carbocycles. The fourth-order valence-corrected chi connectivity index (χ4v) is 2.20. The Balaban J connectivity index is 2.98. The van der Waals surface area contributed by atoms with Gasteiger partial charge in [-0.05, 0) is 25.0 Å². The van der Waals surface area contributed by atoms with Crippen molar-refractivity contribution in [2.45, 2.75) is 32.5 Å². The SMILES string of the molecule is CCOC(=O)C[C@@H](C)[C@@H](NC(=O)c1ccccc1C(F)(F)F)C(=O)O. The van der Waals surface area contributed by atoms with Crippen LogP contribution in [0.4, 0.5) is 13.2 Å². The van der Waals surface area contributed by atoms with E-state index in [1.165, 1.54) is 13.0 Å². The number of carbonyl (C=O) groups is 3. The molecule has 1 aromatic carbocycles. The first-order valence-electron chi connectivity index (χ1n) is 7.43. The Labute approximate surface area is 142 Å². The first-order valence-corrected chi connectivity index (χ1v) is 7.43. The zero-order valence-electron chi connectivity index (χ0n) is 13.6. The summed E-state index contributed by atoms with van der Waals surface area (Å²) in [5.41, 5.74) is -1.86. The topological polar surface area (TPSA) is 92.7 Å². The van der Waals surface area contributed by atoms with Gasteiger partial charge in [0.15, 0.2) is 0 Å². The molecule has 9 heteroatoms. The summed E-state index contributed by atoms with van der Waals surface area (Å²) in [7, 11) is 0. The van der Waals surface area contributed by atoms with E-state index in [-0.39, 0.29) is 13.0 Å². The number of hydrogen-bond acceptors (Lipinski definition) is 4. The van der Waals surface area contributed by atoms with E-state index in [0.717, 1.165) is 18.2 Å². The van der Waals surface area contributed by atoms with Gasteiger partial charge < -0.3 is 15.2 Å². The minimum absolute atomic E-state index is 0.106. The molecule has 0 spiro atoms. The lowest BCUT2D eigenvalue weighted by molar-refractivity contribution is -0.146. The van der Waals surface area contributed by atoms with Crippen LogP contribution in [0.3, 0.4) is 0 Å². The molecule has 0 fully saturated rings. The van der Waals surface area contributed by atoms with E-state index >= 15 is 0 Å². The number of halogens is 3. The Morgan fingerprint density at radius 2 is 1.84 bits per heavy atom. The van der Waals surface area contributed by atoms with Crippen LogP contribution in [0.25, 0.3) is 0 Å². The standard InChI is InChI=1S/C16H18F3NO5/c1-3-25-12(21)8-9(2)13(15(23)24)20-14(22)10-6-4-5-7-11(10)16(17,18)19/h4-7,9,13H,3,8H2,1-2H3,(H,20,22)(H,23,24)/t9-,13-/m1/s1. The van der Waals surface area contributed by atoms with Crippen molar-refractivity contribution in [3.8, 4) is 0 Å². The van der Waals surface area contributed by atoms with E-state index < -0.39 is 47.1 Å². The molecular weight excluding hydrogens is 343 g/mol. The minimum Gasteiger partial charge on any atom is -0.480 e. The number of rotatable bonds is 7. The molecule has 0 bridgehead atoms. The molecule has 0 aromatic heterocycles. The van der Waals surface area contributed by atoms with Gasteiger partial charge in [-0.25, -0.2) is 4.79 Å². The van der Waals surface area contributed by atoms with Crippen LogP contribution < -0.4 is 5.32 Å². The van der Waals surface area contributed by atoms with Crippen molar-refractivity contribution in [2.24, 2.45) is 5.92 Å². The summed E-state index contributed by atoms with van der Waals surface area (Å²) in [6, 6.07) is 2.50. The number of hydrogen-bond donors (Lipinski definition) is 2. The highest BCUT2D eigenvalue weighted by atomic mass is 19.4. The average Bonchev–Trinajstić information content (AvgIpc) is 2.51. The van der Waals surface area contributed by atoms with E-state index in [0.29, 0.717) is 0 Å². The van der Waals surface area contributed by atoms with Gasteiger partial charge in [0, 0.05) is 0 Å². The predicted molar refractivity (Wildman–Crippen MR) is 80.7 cm³/mol. The Hall–Kier alpha value is -2.58. The maximum absolute atomic E-state index is 13.0. The fraction of sp³-hybridized carbons (Fsp3) is 0.438. The number of carbonyl (C=O) groups excluding carboxylic acids is 2. The molecule has 0 aliphatic heterocycles. The van der Waals surface area contributed by atoms with Gasteiger partial charge in [0.1, 0.15) is 6.04 Å². The Kier molecular flexibility index (Phi) is 6.96. The second-order valence-electron chi connectivity index (χ2n) is 5.32. The van der Waals surface area contributed by atoms with Crippen molar-refractivity contribution in [1.29, 1.82) is 0 Å². The number of ether oxygens (including phenoxy) is 1. The number of amides is 1. The Bertz CT molecular complexity index is 645. The van der Waals surface area contributed by atoms with E-state index in [4.69, 9.17) is 4.74 Å². The van der Waals surface area contributed by atoms with Gasteiger partial charge in [0.2, 0.25) is 0 Å². The maximum Gasteiger partial charge on any atom is 0.417 e. The summed E-state index contributed by atoms with van der Waals surface area (Å²) in [6.07, 6.45) is -5.06. The van der Waals surface area contributed by atoms with E-state index in [9.17, 15) is 32.7 Å². The molecule has 0 saturated carbocycles. The zero-order chi connectivity index (χ0) is 19.2. The van der Waals surface area contributed by atoms with Crippen LogP contribution in [0.5, 0.6) is 0 Å². The van der Waals surface area contributed by atoms with Crippen LogP contribution in [0.1, 0.15) is 36.2 Å². The molecule has 138 valence electrons. The maximum atomic E-state index is 13.0. The van der Waals surface area contributed by atoms with E-state index in [1.54, 1.807) is 6.92 Å². The number of carboxylic acids is 1. The summed E-state index contributed by atoms with van der Waals surface area (Å²) in [6.45, 7) is 3.06. The molecule has 1 rings (SSSR count). The van der Waals surface area contributed by atoms with Gasteiger partial charge in [0.25, 0.3) is 5.91 Å². The summed E-state index contributed by atoms with van der Waals surface area (Å²) in [5.74, 6) is -4.18. The van der Waals surface area contributed by atoms with Gasteiger partial charge in [-0.15, -0.1) is 0 Å². The molecule has 0 heterocycles. The van der Waals surface area contributed by atoms with Crippen molar-refractivity contribution in [1.82, 2.24) is 5.32 Å². The predicted octanol–water partition coefficient (Wildman–Crippen LogP) is 2.48. The Morgan fingerprint density at radius 3 is 2.36 bits per heavy atom. The second-order valence-corrected chi connectivity index (χ2v) is 5.32. The van der Waals surface area contributed by atoms with Crippen LogP contribution in [-0.4, -0.2) is 35.6 Å². The van der Waals surface area contributed by atoms with Crippen molar-refractivity contribution in [3.05, 3.63) is 35.4 Å². The van der Waals surface area contributed by atoms with Crippen molar-refractivity contribution < 1.29 is 37.4 Å². The monoisotopic (exact) mass is 361 g/mol. The highest BCUT2D eigenvalue weighted by Gasteiger charge is 2.36. The van der Waals surface area contributed by atoms with Crippen LogP contribution in [0, 0.1) is 5.92 Å². The lowest BCUT2D eigenvalue weighted by atomic mass is 9.97. The molecule has 0 radical (unpaired) electrons. The number of benzene rings is 1. The summed E-state index contributed by atoms with van der Waals surface area (Å²) in [5, 5.41) is 11.3. The molecule has 2 N–H and O–H groups in total. The first-order chi connectivity index (χ1) is 11.6. The van der Waals surface area contributed by atoms with Gasteiger partial charge in [0.05, 0.1) is 24.2 Å². The van der Waals surface area contributed by atoms with Crippen LogP contribution >= 0.6 is 0 Å². The molecule has 0 saturated heterocycles. The van der Waals surface area contributed by atoms with Crippen molar-refractivity contribution >= 4 is 17.8 Å². The van der Waals surface area contributed by atoms with Crippen LogP contribution in [0.15, 0.2) is 24.3 Å². The minimum atomic E-state index is -4.76. The summed E-state index contributed by atoms with van der Waals surface area (Å²) >= 11 is 0. The molecule has 2 atom stereocenters. The second kappa shape index (κ2) is 8.50. The number of aliphatic carboxylic acids is 1. The molecule has 0 unspecified atom stereocenters. The third-order valence-electron chi connectivity index (χ3n) is 3.39. The van der Waals surface area contributed by atoms with E-state index in [2.05, 4.69) is 0 Å². The van der Waals surface area contributed by atoms with Crippen LogP contribution in [0.2, 0.25) is 0 Å². The first kappa shape index (κ1) is 20.5. The number of nitrogens with one attached hydrogen (secondary N) is 1. The zero-order valence-corrected chi connectivity index (χ0v) is 13.6. The molecule has 1 aromatic rings. The number of esters is 1. The van der Waals surface area contributed by atoms with Crippen LogP contribution in [-0.2, 0) is 20.5 Å². The largest absolute Gasteiger partial charge is 0.480 e. The quantitative estimate of drug-likeness (QED) is 0.728. The van der Waals surface area contributed by atoms with Crippen molar-refractivity contribution in [2.75, 3.05) is 6.61 Å². The van der Waals surface area contributed by atoms with Gasteiger partial charge in [-0.2, -0.15) is 13.2 Å². The van der Waals surface area contributed by atoms with Gasteiger partial charge in [-0.1, -0.05) is 19.1 Å². The normalized spacial score (nSPS) is 13.6. The molecule has 6 nitrogen and oxygen atoms in total.